The molecule has 12 atom stereocenters. The second-order valence-corrected chi connectivity index (χ2v) is 12.9. The molecule has 0 aromatic carbocycles. The van der Waals surface area contributed by atoms with Crippen LogP contribution in [0.1, 0.15) is 85.5 Å². The zero-order chi connectivity index (χ0) is 24.4. The maximum absolute atomic E-state index is 11.8. The first-order valence-electron chi connectivity index (χ1n) is 13.8. The van der Waals surface area contributed by atoms with Crippen LogP contribution in [0.4, 0.5) is 0 Å². The van der Waals surface area contributed by atoms with Gasteiger partial charge in [0.15, 0.2) is 0 Å². The van der Waals surface area contributed by atoms with Crippen molar-refractivity contribution in [1.29, 1.82) is 0 Å². The second-order valence-electron chi connectivity index (χ2n) is 12.9. The topological polar surface area (TPSA) is 94.3 Å². The molecule has 4 fully saturated rings. The summed E-state index contributed by atoms with van der Waals surface area (Å²) < 4.78 is 0. The lowest BCUT2D eigenvalue weighted by atomic mass is 9.41. The quantitative estimate of drug-likeness (QED) is 0.474. The van der Waals surface area contributed by atoms with Crippen molar-refractivity contribution >= 4 is 5.84 Å². The summed E-state index contributed by atoms with van der Waals surface area (Å²) >= 11 is 0. The zero-order valence-electron chi connectivity index (χ0n) is 21.5. The molecule has 4 aliphatic carbocycles. The average Bonchev–Trinajstić information content (AvgIpc) is 3.38. The van der Waals surface area contributed by atoms with Gasteiger partial charge < -0.3 is 20.2 Å². The molecule has 6 heteroatoms. The fourth-order valence-electron chi connectivity index (χ4n) is 9.88. The summed E-state index contributed by atoms with van der Waals surface area (Å²) in [5, 5.41) is 34.1. The Bertz CT molecular complexity index is 831. The van der Waals surface area contributed by atoms with Crippen molar-refractivity contribution in [1.82, 2.24) is 5.48 Å². The number of nitrogens with zero attached hydrogens (tertiary/aromatic N) is 1. The lowest BCUT2D eigenvalue weighted by molar-refractivity contribution is -0.228. The van der Waals surface area contributed by atoms with Crippen molar-refractivity contribution in [3.63, 3.8) is 0 Å². The van der Waals surface area contributed by atoms with Crippen LogP contribution in [0.3, 0.4) is 0 Å². The van der Waals surface area contributed by atoms with Crippen LogP contribution in [0.15, 0.2) is 17.5 Å². The van der Waals surface area contributed by atoms with Crippen molar-refractivity contribution < 1.29 is 20.2 Å². The van der Waals surface area contributed by atoms with E-state index in [9.17, 15) is 15.3 Å². The number of fused-ring (bicyclic) bond motifs is 5. The van der Waals surface area contributed by atoms with Crippen LogP contribution in [0.25, 0.3) is 0 Å². The van der Waals surface area contributed by atoms with E-state index in [1.807, 2.05) is 0 Å². The van der Waals surface area contributed by atoms with Crippen molar-refractivity contribution in [2.24, 2.45) is 57.2 Å². The third-order valence-electron chi connectivity index (χ3n) is 11.6. The molecule has 192 valence electrons. The molecule has 5 rings (SSSR count). The molecule has 34 heavy (non-hydrogen) atoms. The van der Waals surface area contributed by atoms with E-state index in [0.717, 1.165) is 63.6 Å². The third kappa shape index (κ3) is 3.57. The normalized spacial score (nSPS) is 51.0. The number of aliphatic hydroxyl groups excluding tert-OH is 3. The first kappa shape index (κ1) is 24.6. The zero-order valence-corrected chi connectivity index (χ0v) is 21.5. The first-order valence-corrected chi connectivity index (χ1v) is 13.8. The fraction of sp³-hybridized carbons (Fsp3) is 0.893. The molecule has 2 unspecified atom stereocenters. The van der Waals surface area contributed by atoms with E-state index in [1.54, 1.807) is 0 Å². The molecular formula is C28H46N2O4. The summed E-state index contributed by atoms with van der Waals surface area (Å²) in [6.45, 7) is 13.0. The van der Waals surface area contributed by atoms with E-state index in [4.69, 9.17) is 4.84 Å². The van der Waals surface area contributed by atoms with Crippen LogP contribution in [-0.4, -0.2) is 39.5 Å². The van der Waals surface area contributed by atoms with Gasteiger partial charge in [0.25, 0.3) is 0 Å². The van der Waals surface area contributed by atoms with Gasteiger partial charge in [-0.25, -0.2) is 5.48 Å². The monoisotopic (exact) mass is 474 g/mol. The summed E-state index contributed by atoms with van der Waals surface area (Å²) in [5.74, 6) is 3.69. The summed E-state index contributed by atoms with van der Waals surface area (Å²) in [6.07, 6.45) is 7.55. The van der Waals surface area contributed by atoms with Crippen LogP contribution >= 0.6 is 0 Å². The first-order chi connectivity index (χ1) is 16.1. The molecule has 0 amide bonds. The number of hydrogen-bond donors (Lipinski definition) is 4. The highest BCUT2D eigenvalue weighted by Gasteiger charge is 2.67. The minimum absolute atomic E-state index is 0.102. The molecule has 0 bridgehead atoms. The number of aliphatic imine (C=N–C) groups is 1. The number of aliphatic hydroxyl groups is 3. The Balaban J connectivity index is 1.40. The molecule has 4 saturated carbocycles. The van der Waals surface area contributed by atoms with Crippen LogP contribution in [-0.2, 0) is 4.84 Å². The molecule has 0 aromatic rings. The van der Waals surface area contributed by atoms with Gasteiger partial charge in [-0.15, -0.1) is 0 Å². The minimum atomic E-state index is -0.339. The smallest absolute Gasteiger partial charge is 0.240 e. The summed E-state index contributed by atoms with van der Waals surface area (Å²) in [4.78, 5) is 9.49. The van der Waals surface area contributed by atoms with Crippen molar-refractivity contribution in [3.8, 4) is 0 Å². The highest BCUT2D eigenvalue weighted by Crippen LogP contribution is 2.69. The van der Waals surface area contributed by atoms with E-state index in [-0.39, 0.29) is 41.0 Å². The van der Waals surface area contributed by atoms with Crippen LogP contribution in [0.5, 0.6) is 0 Å². The molecule has 1 heterocycles. The summed E-state index contributed by atoms with van der Waals surface area (Å²) in [5.41, 5.74) is 2.80. The van der Waals surface area contributed by atoms with Gasteiger partial charge in [-0.1, -0.05) is 34.1 Å². The fourth-order valence-corrected chi connectivity index (χ4v) is 9.88. The van der Waals surface area contributed by atoms with Crippen LogP contribution in [0.2, 0.25) is 0 Å². The molecular weight excluding hydrogens is 428 g/mol. The average molecular weight is 475 g/mol. The maximum Gasteiger partial charge on any atom is 0.240 e. The molecule has 0 aromatic heterocycles. The minimum Gasteiger partial charge on any atom is -0.393 e. The predicted octanol–water partition coefficient (Wildman–Crippen LogP) is 4.40. The van der Waals surface area contributed by atoms with Gasteiger partial charge >= 0.3 is 0 Å². The standard InChI is InChI=1S/C28H46N2O4/c1-6-18-21-13-17(31)11-12-27(21,4)22-14-23(32)28(5)19(8-9-20(28)25(22)26(18)33)15(2)7-10-24-29-16(3)34-30-24/h15,17-23,25-26,31-33H,3,6-14H2,1-2,4-5H3,(H,29,30)/t15-,17-,18-,19-,20?,21+,22?,23+,25+,26-,27+,28-/m1/s1. The lowest BCUT2D eigenvalue weighted by Gasteiger charge is -2.65. The molecule has 6 nitrogen and oxygen atoms in total. The Labute approximate surface area is 205 Å². The molecule has 0 spiro atoms. The Morgan fingerprint density at radius 1 is 1.12 bits per heavy atom. The highest BCUT2D eigenvalue weighted by atomic mass is 16.7. The molecule has 1 aliphatic heterocycles. The summed E-state index contributed by atoms with van der Waals surface area (Å²) in [6, 6.07) is 0. The van der Waals surface area contributed by atoms with Gasteiger partial charge in [0, 0.05) is 6.42 Å². The molecule has 5 aliphatic rings. The SMILES string of the molecule is C=C1N=C(CC[C@@H](C)[C@H]2CCC3[C@H]4C(C[C@H](O)[C@@]32C)[C@@]2(C)CC[C@@H](O)C[C@H]2[C@@H](CC)[C@H]4O)NO1. The third-order valence-corrected chi connectivity index (χ3v) is 11.6. The second kappa shape index (κ2) is 8.77. The number of amidine groups is 1. The predicted molar refractivity (Wildman–Crippen MR) is 132 cm³/mol. The van der Waals surface area contributed by atoms with E-state index in [0.29, 0.717) is 35.5 Å². The summed E-state index contributed by atoms with van der Waals surface area (Å²) in [7, 11) is 0. The van der Waals surface area contributed by atoms with Gasteiger partial charge in [0.2, 0.25) is 5.88 Å². The van der Waals surface area contributed by atoms with Crippen LogP contribution < -0.4 is 5.48 Å². The number of hydrogen-bond acceptors (Lipinski definition) is 6. The maximum atomic E-state index is 11.8. The Morgan fingerprint density at radius 3 is 2.56 bits per heavy atom. The van der Waals surface area contributed by atoms with E-state index in [1.165, 1.54) is 0 Å². The van der Waals surface area contributed by atoms with Crippen LogP contribution in [0, 0.1) is 52.3 Å². The number of nitrogens with one attached hydrogen (secondary N) is 1. The van der Waals surface area contributed by atoms with Crippen molar-refractivity contribution in [3.05, 3.63) is 12.5 Å². The molecule has 0 radical (unpaired) electrons. The van der Waals surface area contributed by atoms with Crippen molar-refractivity contribution in [2.45, 2.75) is 104 Å². The van der Waals surface area contributed by atoms with Crippen molar-refractivity contribution in [2.75, 3.05) is 0 Å². The highest BCUT2D eigenvalue weighted by molar-refractivity contribution is 5.83. The number of rotatable bonds is 5. The largest absolute Gasteiger partial charge is 0.393 e. The van der Waals surface area contributed by atoms with E-state index >= 15 is 0 Å². The number of hydroxylamine groups is 1. The Kier molecular flexibility index (Phi) is 6.34. The van der Waals surface area contributed by atoms with Gasteiger partial charge in [-0.05, 0) is 104 Å². The molecule has 0 saturated heterocycles. The van der Waals surface area contributed by atoms with Gasteiger partial charge in [0.05, 0.1) is 18.3 Å². The Morgan fingerprint density at radius 2 is 1.88 bits per heavy atom. The van der Waals surface area contributed by atoms with Gasteiger partial charge in [-0.2, -0.15) is 4.99 Å². The van der Waals surface area contributed by atoms with E-state index < -0.39 is 0 Å². The van der Waals surface area contributed by atoms with Gasteiger partial charge in [-0.3, -0.25) is 0 Å². The molecule has 4 N–H and O–H groups in total. The lowest BCUT2D eigenvalue weighted by Crippen LogP contribution is -2.65. The van der Waals surface area contributed by atoms with E-state index in [2.05, 4.69) is 44.7 Å². The Hall–Kier alpha value is -1.11. The van der Waals surface area contributed by atoms with Gasteiger partial charge in [0.1, 0.15) is 5.84 Å².